The second-order valence-electron chi connectivity index (χ2n) is 4.25. The van der Waals surface area contributed by atoms with Gasteiger partial charge in [-0.15, -0.1) is 0 Å². The summed E-state index contributed by atoms with van der Waals surface area (Å²) in [5, 5.41) is 18.3. The van der Waals surface area contributed by atoms with E-state index in [1.54, 1.807) is 18.2 Å². The van der Waals surface area contributed by atoms with Gasteiger partial charge in [-0.05, 0) is 18.2 Å². The van der Waals surface area contributed by atoms with Crippen molar-refractivity contribution in [2.75, 3.05) is 0 Å². The molecule has 0 fully saturated rings. The molecule has 0 unspecified atom stereocenters. The lowest BCUT2D eigenvalue weighted by molar-refractivity contribution is 0.249. The molecule has 0 spiro atoms. The molecule has 3 rings (SSSR count). The van der Waals surface area contributed by atoms with E-state index in [9.17, 15) is 5.26 Å². The number of hydrogen-bond donors (Lipinski definition) is 1. The average molecular weight is 259 g/mol. The van der Waals surface area contributed by atoms with Gasteiger partial charge in [-0.2, -0.15) is 10.5 Å². The molecule has 0 aliphatic carbocycles. The van der Waals surface area contributed by atoms with Gasteiger partial charge in [0, 0.05) is 11.1 Å². The smallest absolute Gasteiger partial charge is 0.162 e. The third kappa shape index (κ3) is 1.86. The molecule has 20 heavy (non-hydrogen) atoms. The van der Waals surface area contributed by atoms with E-state index in [1.807, 2.05) is 36.4 Å². The first kappa shape index (κ1) is 11.8. The van der Waals surface area contributed by atoms with Gasteiger partial charge in [0.2, 0.25) is 0 Å². The first-order valence-corrected chi connectivity index (χ1v) is 6.00. The molecule has 0 amide bonds. The Kier molecular flexibility index (Phi) is 2.84. The van der Waals surface area contributed by atoms with E-state index in [2.05, 4.69) is 11.5 Å². The zero-order chi connectivity index (χ0) is 13.9. The van der Waals surface area contributed by atoms with Gasteiger partial charge in [0.1, 0.15) is 12.1 Å². The fourth-order valence-corrected chi connectivity index (χ4v) is 2.11. The molecule has 1 N–H and O–H groups in total. The number of nitriles is 2. The van der Waals surface area contributed by atoms with Crippen molar-refractivity contribution in [3.05, 3.63) is 64.7 Å². The van der Waals surface area contributed by atoms with Crippen LogP contribution in [0.2, 0.25) is 0 Å². The van der Waals surface area contributed by atoms with E-state index in [0.717, 1.165) is 11.3 Å². The van der Waals surface area contributed by atoms with Crippen LogP contribution in [-0.4, -0.2) is 0 Å². The van der Waals surface area contributed by atoms with Crippen LogP contribution in [0, 0.1) is 22.7 Å². The summed E-state index contributed by atoms with van der Waals surface area (Å²) in [4.78, 5) is 5.45. The Morgan fingerprint density at radius 3 is 2.60 bits per heavy atom. The molecule has 1 aliphatic heterocycles. The Bertz CT molecular complexity index is 794. The third-order valence-corrected chi connectivity index (χ3v) is 3.08. The van der Waals surface area contributed by atoms with E-state index in [1.165, 1.54) is 0 Å². The molecule has 0 saturated heterocycles. The maximum atomic E-state index is 9.26. The standard InChI is InChI=1S/C16H9N3O/c17-9-12-5-3-6-13(14(12)10-18)15-8-11-4-1-2-7-16(11)20-19-15/h1-8,19H. The molecule has 0 saturated carbocycles. The Labute approximate surface area is 116 Å². The Morgan fingerprint density at radius 1 is 0.950 bits per heavy atom. The second kappa shape index (κ2) is 4.79. The topological polar surface area (TPSA) is 68.8 Å². The fourth-order valence-electron chi connectivity index (χ4n) is 2.11. The van der Waals surface area contributed by atoms with E-state index < -0.39 is 0 Å². The minimum absolute atomic E-state index is 0.344. The summed E-state index contributed by atoms with van der Waals surface area (Å²) in [6.45, 7) is 0. The first-order valence-electron chi connectivity index (χ1n) is 6.00. The Hall–Kier alpha value is -3.24. The quantitative estimate of drug-likeness (QED) is 0.855. The summed E-state index contributed by atoms with van der Waals surface area (Å²) < 4.78 is 0. The van der Waals surface area contributed by atoms with Gasteiger partial charge >= 0.3 is 0 Å². The van der Waals surface area contributed by atoms with Crippen molar-refractivity contribution in [2.24, 2.45) is 0 Å². The van der Waals surface area contributed by atoms with Crippen LogP contribution in [0.25, 0.3) is 11.8 Å². The van der Waals surface area contributed by atoms with Crippen molar-refractivity contribution in [2.45, 2.75) is 0 Å². The molecule has 2 aromatic carbocycles. The van der Waals surface area contributed by atoms with Crippen molar-refractivity contribution in [3.63, 3.8) is 0 Å². The maximum Gasteiger partial charge on any atom is 0.162 e. The fraction of sp³-hybridized carbons (Fsp3) is 0. The third-order valence-electron chi connectivity index (χ3n) is 3.08. The molecule has 0 radical (unpaired) electrons. The Morgan fingerprint density at radius 2 is 1.80 bits per heavy atom. The van der Waals surface area contributed by atoms with Crippen molar-refractivity contribution in [3.8, 4) is 17.9 Å². The molecular formula is C16H9N3O. The summed E-state index contributed by atoms with van der Waals surface area (Å²) in [6, 6.07) is 16.8. The van der Waals surface area contributed by atoms with Crippen LogP contribution in [0.4, 0.5) is 0 Å². The van der Waals surface area contributed by atoms with E-state index in [4.69, 9.17) is 10.1 Å². The first-order chi connectivity index (χ1) is 9.83. The molecule has 4 nitrogen and oxygen atoms in total. The highest BCUT2D eigenvalue weighted by atomic mass is 16.6. The lowest BCUT2D eigenvalue weighted by Gasteiger charge is -2.19. The minimum Gasteiger partial charge on any atom is -0.382 e. The Balaban J connectivity index is 2.15. The second-order valence-corrected chi connectivity index (χ2v) is 4.25. The lowest BCUT2D eigenvalue weighted by atomic mass is 9.98. The van der Waals surface area contributed by atoms with Gasteiger partial charge in [0.15, 0.2) is 5.75 Å². The molecule has 4 heteroatoms. The molecule has 0 bridgehead atoms. The number of fused-ring (bicyclic) bond motifs is 1. The van der Waals surface area contributed by atoms with Gasteiger partial charge in [-0.3, -0.25) is 0 Å². The van der Waals surface area contributed by atoms with E-state index >= 15 is 0 Å². The van der Waals surface area contributed by atoms with Gasteiger partial charge < -0.3 is 4.84 Å². The van der Waals surface area contributed by atoms with E-state index in [0.29, 0.717) is 22.4 Å². The van der Waals surface area contributed by atoms with Gasteiger partial charge in [-0.1, -0.05) is 30.3 Å². The van der Waals surface area contributed by atoms with Crippen LogP contribution >= 0.6 is 0 Å². The molecule has 94 valence electrons. The number of hydrogen-bond acceptors (Lipinski definition) is 4. The molecule has 1 heterocycles. The van der Waals surface area contributed by atoms with Crippen molar-refractivity contribution >= 4 is 11.8 Å². The van der Waals surface area contributed by atoms with Crippen LogP contribution in [0.15, 0.2) is 42.5 Å². The monoisotopic (exact) mass is 259 g/mol. The van der Waals surface area contributed by atoms with Crippen molar-refractivity contribution in [1.29, 1.82) is 10.5 Å². The number of nitrogens with zero attached hydrogens (tertiary/aromatic N) is 2. The van der Waals surface area contributed by atoms with Gasteiger partial charge in [0.25, 0.3) is 0 Å². The summed E-state index contributed by atoms with van der Waals surface area (Å²) in [7, 11) is 0. The minimum atomic E-state index is 0.344. The zero-order valence-electron chi connectivity index (χ0n) is 10.4. The number of nitrogens with one attached hydrogen (secondary N) is 1. The molecule has 2 aromatic rings. The highest BCUT2D eigenvalue weighted by Gasteiger charge is 2.16. The summed E-state index contributed by atoms with van der Waals surface area (Å²) >= 11 is 0. The van der Waals surface area contributed by atoms with Crippen molar-refractivity contribution < 1.29 is 4.84 Å². The summed E-state index contributed by atoms with van der Waals surface area (Å²) in [5.74, 6) is 0.728. The van der Waals surface area contributed by atoms with Crippen molar-refractivity contribution in [1.82, 2.24) is 5.48 Å². The predicted octanol–water partition coefficient (Wildman–Crippen LogP) is 2.83. The van der Waals surface area contributed by atoms with Crippen LogP contribution in [0.1, 0.15) is 22.3 Å². The predicted molar refractivity (Wildman–Crippen MR) is 73.9 cm³/mol. The van der Waals surface area contributed by atoms with Crippen LogP contribution in [-0.2, 0) is 0 Å². The number of para-hydroxylation sites is 1. The van der Waals surface area contributed by atoms with E-state index in [-0.39, 0.29) is 0 Å². The lowest BCUT2D eigenvalue weighted by Crippen LogP contribution is -2.21. The SMILES string of the molecule is N#Cc1cccc(C2=Cc3ccccc3ON2)c1C#N. The van der Waals surface area contributed by atoms with Crippen LogP contribution < -0.4 is 10.3 Å². The average Bonchev–Trinajstić information content (AvgIpc) is 2.53. The largest absolute Gasteiger partial charge is 0.382 e. The summed E-state index contributed by atoms with van der Waals surface area (Å²) in [5.41, 5.74) is 5.76. The normalized spacial score (nSPS) is 12.0. The van der Waals surface area contributed by atoms with Crippen LogP contribution in [0.5, 0.6) is 5.75 Å². The molecule has 0 aromatic heterocycles. The molecular weight excluding hydrogens is 250 g/mol. The molecule has 0 atom stereocenters. The number of benzene rings is 2. The molecule has 1 aliphatic rings. The highest BCUT2D eigenvalue weighted by Crippen LogP contribution is 2.29. The van der Waals surface area contributed by atoms with Crippen LogP contribution in [0.3, 0.4) is 0 Å². The summed E-state index contributed by atoms with van der Waals surface area (Å²) in [6.07, 6.45) is 1.90. The van der Waals surface area contributed by atoms with Gasteiger partial charge in [-0.25, -0.2) is 5.48 Å². The maximum absolute atomic E-state index is 9.26. The highest BCUT2D eigenvalue weighted by molar-refractivity contribution is 5.85. The van der Waals surface area contributed by atoms with Gasteiger partial charge in [0.05, 0.1) is 16.8 Å². The zero-order valence-corrected chi connectivity index (χ0v) is 10.4. The number of rotatable bonds is 1. The number of hydroxylamine groups is 1.